The Morgan fingerprint density at radius 3 is 2.63 bits per heavy atom. The molecule has 0 unspecified atom stereocenters. The number of hydrogen-bond acceptors (Lipinski definition) is 5. The van der Waals surface area contributed by atoms with E-state index in [-0.39, 0.29) is 18.4 Å². The van der Waals surface area contributed by atoms with Crippen LogP contribution in [0.15, 0.2) is 48.2 Å². The van der Waals surface area contributed by atoms with Gasteiger partial charge in [-0.05, 0) is 61.5 Å². The molecule has 0 atom stereocenters. The summed E-state index contributed by atoms with van der Waals surface area (Å²) in [4.78, 5) is 25.8. The number of nitrogens with zero attached hydrogens (tertiary/aromatic N) is 1. The van der Waals surface area contributed by atoms with Gasteiger partial charge in [0.1, 0.15) is 5.70 Å². The molecule has 7 nitrogen and oxygen atoms in total. The third-order valence-electron chi connectivity index (χ3n) is 4.44. The number of aryl methyl sites for hydroxylation is 1. The van der Waals surface area contributed by atoms with Crippen LogP contribution < -0.4 is 20.1 Å². The second-order valence-electron chi connectivity index (χ2n) is 6.64. The minimum Gasteiger partial charge on any atom is -0.490 e. The van der Waals surface area contributed by atoms with Gasteiger partial charge in [-0.25, -0.2) is 0 Å². The highest BCUT2D eigenvalue weighted by Gasteiger charge is 2.27. The maximum Gasteiger partial charge on any atom is 0.276 e. The van der Waals surface area contributed by atoms with Gasteiger partial charge >= 0.3 is 0 Å². The van der Waals surface area contributed by atoms with Crippen molar-refractivity contribution in [2.75, 3.05) is 25.6 Å². The van der Waals surface area contributed by atoms with Gasteiger partial charge in [-0.3, -0.25) is 14.5 Å². The number of anilines is 1. The summed E-state index contributed by atoms with van der Waals surface area (Å²) in [6, 6.07) is 12.8. The minimum atomic E-state index is -0.268. The number of carbonyl (C=O) groups excluding carboxylic acids is 2. The molecular weight excluding hydrogens is 402 g/mol. The zero-order valence-corrected chi connectivity index (χ0v) is 17.8. The molecular formula is C22H23N3O4S. The molecule has 1 aliphatic heterocycles. The van der Waals surface area contributed by atoms with Crippen LogP contribution in [0.4, 0.5) is 5.69 Å². The molecule has 30 heavy (non-hydrogen) atoms. The average Bonchev–Trinajstić information content (AvgIpc) is 2.96. The third kappa shape index (κ3) is 4.96. The molecule has 2 aromatic rings. The first-order valence-electron chi connectivity index (χ1n) is 9.45. The van der Waals surface area contributed by atoms with Crippen LogP contribution in [-0.2, 0) is 9.59 Å². The van der Waals surface area contributed by atoms with Gasteiger partial charge in [-0.15, -0.1) is 0 Å². The van der Waals surface area contributed by atoms with E-state index < -0.39 is 0 Å². The molecule has 1 fully saturated rings. The first-order chi connectivity index (χ1) is 14.4. The Kier molecular flexibility index (Phi) is 6.68. The number of thiocarbonyl (C=S) groups is 1. The summed E-state index contributed by atoms with van der Waals surface area (Å²) in [5.74, 6) is 0.454. The van der Waals surface area contributed by atoms with E-state index in [0.717, 1.165) is 16.8 Å². The summed E-state index contributed by atoms with van der Waals surface area (Å²) >= 11 is 5.08. The van der Waals surface area contributed by atoms with Gasteiger partial charge in [0.05, 0.1) is 6.61 Å². The number of amides is 2. The predicted molar refractivity (Wildman–Crippen MR) is 119 cm³/mol. The molecule has 156 valence electrons. The van der Waals surface area contributed by atoms with Crippen LogP contribution in [-0.4, -0.2) is 42.1 Å². The lowest BCUT2D eigenvalue weighted by molar-refractivity contribution is -0.121. The van der Waals surface area contributed by atoms with Crippen molar-refractivity contribution >= 4 is 40.9 Å². The quantitative estimate of drug-likeness (QED) is 0.524. The highest BCUT2D eigenvalue weighted by molar-refractivity contribution is 7.80. The van der Waals surface area contributed by atoms with Crippen molar-refractivity contribution in [1.29, 1.82) is 0 Å². The van der Waals surface area contributed by atoms with E-state index in [2.05, 4.69) is 10.6 Å². The van der Waals surface area contributed by atoms with E-state index >= 15 is 0 Å². The summed E-state index contributed by atoms with van der Waals surface area (Å²) in [6.45, 7) is 4.05. The largest absolute Gasteiger partial charge is 0.490 e. The van der Waals surface area contributed by atoms with Crippen LogP contribution in [0.1, 0.15) is 18.1 Å². The van der Waals surface area contributed by atoms with Crippen LogP contribution in [0.3, 0.4) is 0 Å². The topological polar surface area (TPSA) is 79.9 Å². The van der Waals surface area contributed by atoms with E-state index in [1.165, 1.54) is 4.90 Å². The maximum atomic E-state index is 12.3. The molecule has 1 heterocycles. The van der Waals surface area contributed by atoms with E-state index in [4.69, 9.17) is 21.7 Å². The number of ether oxygens (including phenoxy) is 2. The maximum absolute atomic E-state index is 12.3. The van der Waals surface area contributed by atoms with Gasteiger partial charge in [0.25, 0.3) is 11.8 Å². The second-order valence-corrected chi connectivity index (χ2v) is 7.03. The van der Waals surface area contributed by atoms with Gasteiger partial charge in [-0.1, -0.05) is 24.3 Å². The van der Waals surface area contributed by atoms with Crippen LogP contribution in [0, 0.1) is 6.92 Å². The predicted octanol–water partition coefficient (Wildman–Crippen LogP) is 3.10. The lowest BCUT2D eigenvalue weighted by Crippen LogP contribution is -2.25. The highest BCUT2D eigenvalue weighted by atomic mass is 32.1. The third-order valence-corrected chi connectivity index (χ3v) is 4.81. The fraction of sp³-hybridized carbons (Fsp3) is 0.227. The van der Waals surface area contributed by atoms with Crippen molar-refractivity contribution in [2.24, 2.45) is 0 Å². The Bertz CT molecular complexity index is 1020. The Morgan fingerprint density at radius 2 is 1.97 bits per heavy atom. The van der Waals surface area contributed by atoms with Gasteiger partial charge in [-0.2, -0.15) is 0 Å². The number of hydrogen-bond donors (Lipinski definition) is 2. The highest BCUT2D eigenvalue weighted by Crippen LogP contribution is 2.30. The van der Waals surface area contributed by atoms with E-state index in [1.54, 1.807) is 31.3 Å². The van der Waals surface area contributed by atoms with Crippen molar-refractivity contribution in [3.8, 4) is 11.5 Å². The summed E-state index contributed by atoms with van der Waals surface area (Å²) in [7, 11) is 1.61. The molecule has 2 aromatic carbocycles. The molecule has 0 saturated carbocycles. The fourth-order valence-electron chi connectivity index (χ4n) is 2.83. The molecule has 1 saturated heterocycles. The lowest BCUT2D eigenvalue weighted by atomic mass is 10.1. The summed E-state index contributed by atoms with van der Waals surface area (Å²) in [5, 5.41) is 6.06. The SMILES string of the molecule is CCOc1cc(/C=C2/NC(=S)N(C)C2=O)ccc1OCC(=O)Nc1ccccc1C. The first kappa shape index (κ1) is 21.3. The normalized spacial score (nSPS) is 14.6. The van der Waals surface area contributed by atoms with Crippen molar-refractivity contribution in [3.63, 3.8) is 0 Å². The van der Waals surface area contributed by atoms with Crippen LogP contribution in [0.5, 0.6) is 11.5 Å². The smallest absolute Gasteiger partial charge is 0.276 e. The zero-order valence-electron chi connectivity index (χ0n) is 17.0. The molecule has 8 heteroatoms. The standard InChI is InChI=1S/C22H23N3O4S/c1-4-28-19-12-15(11-17-21(27)25(3)22(30)24-17)9-10-18(19)29-13-20(26)23-16-8-6-5-7-14(16)2/h5-12H,4,13H2,1-3H3,(H,23,26)(H,24,30)/b17-11+. The van der Waals surface area contributed by atoms with Crippen LogP contribution in [0.2, 0.25) is 0 Å². The molecule has 2 N–H and O–H groups in total. The van der Waals surface area contributed by atoms with E-state index in [1.807, 2.05) is 38.1 Å². The lowest BCUT2D eigenvalue weighted by Gasteiger charge is -2.13. The molecule has 1 aliphatic rings. The Labute approximate surface area is 180 Å². The van der Waals surface area contributed by atoms with E-state index in [0.29, 0.717) is 28.9 Å². The number of para-hydroxylation sites is 1. The number of rotatable bonds is 7. The fourth-order valence-corrected chi connectivity index (χ4v) is 3.03. The van der Waals surface area contributed by atoms with Crippen LogP contribution >= 0.6 is 12.2 Å². The van der Waals surface area contributed by atoms with Crippen molar-refractivity contribution < 1.29 is 19.1 Å². The van der Waals surface area contributed by atoms with Crippen molar-refractivity contribution in [3.05, 3.63) is 59.3 Å². The molecule has 0 aromatic heterocycles. The monoisotopic (exact) mass is 425 g/mol. The number of benzene rings is 2. The summed E-state index contributed by atoms with van der Waals surface area (Å²) in [6.07, 6.45) is 1.69. The van der Waals surface area contributed by atoms with Gasteiger partial charge in [0.15, 0.2) is 23.2 Å². The Balaban J connectivity index is 1.71. The number of carbonyl (C=O) groups is 2. The van der Waals surface area contributed by atoms with Crippen LogP contribution in [0.25, 0.3) is 6.08 Å². The zero-order chi connectivity index (χ0) is 21.7. The second kappa shape index (κ2) is 9.41. The Morgan fingerprint density at radius 1 is 1.20 bits per heavy atom. The Hall–Kier alpha value is -3.39. The molecule has 0 spiro atoms. The van der Waals surface area contributed by atoms with E-state index in [9.17, 15) is 9.59 Å². The van der Waals surface area contributed by atoms with Gasteiger partial charge < -0.3 is 20.1 Å². The minimum absolute atomic E-state index is 0.159. The molecule has 2 amide bonds. The molecule has 3 rings (SSSR count). The molecule has 0 aliphatic carbocycles. The first-order valence-corrected chi connectivity index (χ1v) is 9.85. The van der Waals surface area contributed by atoms with Crippen molar-refractivity contribution in [2.45, 2.75) is 13.8 Å². The number of nitrogens with one attached hydrogen (secondary N) is 2. The molecule has 0 bridgehead atoms. The number of likely N-dealkylation sites (N-methyl/N-ethyl adjacent to an activating group) is 1. The van der Waals surface area contributed by atoms with Gasteiger partial charge in [0.2, 0.25) is 0 Å². The van der Waals surface area contributed by atoms with Crippen molar-refractivity contribution in [1.82, 2.24) is 10.2 Å². The van der Waals surface area contributed by atoms with Gasteiger partial charge in [0, 0.05) is 12.7 Å². The molecule has 0 radical (unpaired) electrons. The summed E-state index contributed by atoms with van der Waals surface area (Å²) < 4.78 is 11.3. The average molecular weight is 426 g/mol. The summed E-state index contributed by atoms with van der Waals surface area (Å²) in [5.41, 5.74) is 2.84.